The van der Waals surface area contributed by atoms with Gasteiger partial charge in [-0.15, -0.1) is 24.0 Å². The van der Waals surface area contributed by atoms with E-state index < -0.39 is 0 Å². The van der Waals surface area contributed by atoms with E-state index >= 15 is 0 Å². The molecule has 6 nitrogen and oxygen atoms in total. The molecule has 0 bridgehead atoms. The molecule has 0 aromatic rings. The van der Waals surface area contributed by atoms with Crippen LogP contribution in [0.5, 0.6) is 0 Å². The van der Waals surface area contributed by atoms with Crippen LogP contribution in [0.25, 0.3) is 0 Å². The number of guanidine groups is 1. The van der Waals surface area contributed by atoms with E-state index in [2.05, 4.69) is 41.3 Å². The highest BCUT2D eigenvalue weighted by Crippen LogP contribution is 2.52. The van der Waals surface area contributed by atoms with Crippen molar-refractivity contribution in [3.05, 3.63) is 0 Å². The van der Waals surface area contributed by atoms with Crippen molar-refractivity contribution in [1.29, 1.82) is 0 Å². The summed E-state index contributed by atoms with van der Waals surface area (Å²) in [6.07, 6.45) is 2.57. The fraction of sp³-hybridized carbons (Fsp3) is 0.944. The lowest BCUT2D eigenvalue weighted by atomic mass is 9.53. The van der Waals surface area contributed by atoms with Crippen LogP contribution in [0.15, 0.2) is 4.99 Å². The number of nitrogens with one attached hydrogen (secondary N) is 2. The van der Waals surface area contributed by atoms with Gasteiger partial charge in [-0.2, -0.15) is 0 Å². The Kier molecular flexibility index (Phi) is 9.98. The van der Waals surface area contributed by atoms with E-state index in [1.807, 2.05) is 14.2 Å². The van der Waals surface area contributed by atoms with Gasteiger partial charge in [0.2, 0.25) is 0 Å². The first-order valence-electron chi connectivity index (χ1n) is 9.43. The molecule has 0 aromatic heterocycles. The van der Waals surface area contributed by atoms with Crippen LogP contribution < -0.4 is 10.6 Å². The normalized spacial score (nSPS) is 29.5. The maximum absolute atomic E-state index is 5.78. The fourth-order valence-corrected chi connectivity index (χ4v) is 4.60. The molecule has 0 amide bonds. The van der Waals surface area contributed by atoms with Crippen molar-refractivity contribution in [2.24, 2.45) is 16.3 Å². The molecule has 1 aliphatic carbocycles. The van der Waals surface area contributed by atoms with Crippen molar-refractivity contribution in [3.63, 3.8) is 0 Å². The Labute approximate surface area is 170 Å². The number of methoxy groups -OCH3 is 1. The number of rotatable bonds is 7. The second-order valence-corrected chi connectivity index (χ2v) is 7.03. The second kappa shape index (κ2) is 10.9. The van der Waals surface area contributed by atoms with Crippen LogP contribution in [-0.2, 0) is 9.47 Å². The monoisotopic (exact) mass is 468 g/mol. The Hall–Kier alpha value is -0.120. The lowest BCUT2D eigenvalue weighted by molar-refractivity contribution is -0.163. The number of aliphatic imine (C=N–C) groups is 1. The summed E-state index contributed by atoms with van der Waals surface area (Å²) in [7, 11) is 3.69. The van der Waals surface area contributed by atoms with E-state index in [1.165, 1.54) is 0 Å². The summed E-state index contributed by atoms with van der Waals surface area (Å²) in [4.78, 5) is 6.85. The first kappa shape index (κ1) is 22.9. The first-order chi connectivity index (χ1) is 11.6. The largest absolute Gasteiger partial charge is 0.380 e. The Balaban J connectivity index is 0.00000312. The minimum absolute atomic E-state index is 0. The van der Waals surface area contributed by atoms with Gasteiger partial charge in [-0.1, -0.05) is 20.8 Å². The molecule has 2 rings (SSSR count). The zero-order valence-electron chi connectivity index (χ0n) is 16.5. The smallest absolute Gasteiger partial charge is 0.191 e. The average Bonchev–Trinajstić information content (AvgIpc) is 2.62. The van der Waals surface area contributed by atoms with E-state index in [0.717, 1.165) is 58.2 Å². The third-order valence-corrected chi connectivity index (χ3v) is 6.10. The number of halogens is 1. The van der Waals surface area contributed by atoms with Gasteiger partial charge in [0.15, 0.2) is 5.96 Å². The summed E-state index contributed by atoms with van der Waals surface area (Å²) in [5.74, 6) is 1.40. The molecule has 7 heteroatoms. The van der Waals surface area contributed by atoms with Gasteiger partial charge in [-0.25, -0.2) is 0 Å². The van der Waals surface area contributed by atoms with Gasteiger partial charge in [-0.3, -0.25) is 9.89 Å². The summed E-state index contributed by atoms with van der Waals surface area (Å²) in [5.41, 5.74) is 0.204. The molecule has 2 N–H and O–H groups in total. The second-order valence-electron chi connectivity index (χ2n) is 7.03. The van der Waals surface area contributed by atoms with Crippen molar-refractivity contribution in [3.8, 4) is 0 Å². The lowest BCUT2D eigenvalue weighted by Gasteiger charge is -2.60. The molecule has 0 spiro atoms. The van der Waals surface area contributed by atoms with E-state index in [-0.39, 0.29) is 29.4 Å². The van der Waals surface area contributed by atoms with Crippen molar-refractivity contribution in [2.75, 3.05) is 53.6 Å². The standard InChI is InChI=1S/C18H36N4O2.HI/c1-6-18(7-2)15(14(3)16(18)23-5)21-17(19-4)20-8-9-22-10-12-24-13-11-22;/h14-16H,6-13H2,1-5H3,(H2,19,20,21);1H. The predicted octanol–water partition coefficient (Wildman–Crippen LogP) is 1.94. The van der Waals surface area contributed by atoms with E-state index in [0.29, 0.717) is 18.1 Å². The maximum atomic E-state index is 5.78. The molecule has 3 atom stereocenters. The molecule has 0 radical (unpaired) electrons. The number of ether oxygens (including phenoxy) is 2. The van der Waals surface area contributed by atoms with Crippen LogP contribution in [0.2, 0.25) is 0 Å². The van der Waals surface area contributed by atoms with Crippen molar-refractivity contribution in [1.82, 2.24) is 15.5 Å². The summed E-state index contributed by atoms with van der Waals surface area (Å²) in [5, 5.41) is 7.13. The zero-order chi connectivity index (χ0) is 17.6. The molecule has 25 heavy (non-hydrogen) atoms. The van der Waals surface area contributed by atoms with E-state index in [9.17, 15) is 0 Å². The minimum atomic E-state index is 0. The summed E-state index contributed by atoms with van der Waals surface area (Å²) >= 11 is 0. The first-order valence-corrected chi connectivity index (χ1v) is 9.43. The molecule has 1 saturated heterocycles. The Bertz CT molecular complexity index is 412. The molecule has 2 aliphatic rings. The maximum Gasteiger partial charge on any atom is 0.191 e. The van der Waals surface area contributed by atoms with Crippen LogP contribution in [0.4, 0.5) is 0 Å². The highest BCUT2D eigenvalue weighted by molar-refractivity contribution is 14.0. The predicted molar refractivity (Wildman–Crippen MR) is 114 cm³/mol. The van der Waals surface area contributed by atoms with Crippen LogP contribution in [0, 0.1) is 11.3 Å². The van der Waals surface area contributed by atoms with Gasteiger partial charge in [-0.05, 0) is 12.8 Å². The van der Waals surface area contributed by atoms with Gasteiger partial charge in [0, 0.05) is 57.7 Å². The summed E-state index contributed by atoms with van der Waals surface area (Å²) in [6.45, 7) is 12.5. The molecule has 1 aliphatic heterocycles. The van der Waals surface area contributed by atoms with E-state index in [4.69, 9.17) is 9.47 Å². The van der Waals surface area contributed by atoms with Crippen molar-refractivity contribution < 1.29 is 9.47 Å². The quantitative estimate of drug-likeness (QED) is 0.340. The molecule has 1 saturated carbocycles. The van der Waals surface area contributed by atoms with Crippen LogP contribution >= 0.6 is 24.0 Å². The van der Waals surface area contributed by atoms with Crippen molar-refractivity contribution in [2.45, 2.75) is 45.8 Å². The third kappa shape index (κ3) is 4.99. The molecular weight excluding hydrogens is 431 g/mol. The number of morpholine rings is 1. The van der Waals surface area contributed by atoms with Crippen LogP contribution in [-0.4, -0.2) is 76.6 Å². The summed E-state index contributed by atoms with van der Waals surface area (Å²) in [6, 6.07) is 0.409. The Morgan fingerprint density at radius 1 is 1.28 bits per heavy atom. The zero-order valence-corrected chi connectivity index (χ0v) is 18.8. The average molecular weight is 468 g/mol. The molecule has 2 fully saturated rings. The Morgan fingerprint density at radius 2 is 1.92 bits per heavy atom. The fourth-order valence-electron chi connectivity index (χ4n) is 4.60. The Morgan fingerprint density at radius 3 is 2.44 bits per heavy atom. The van der Waals surface area contributed by atoms with Gasteiger partial charge >= 0.3 is 0 Å². The molecule has 1 heterocycles. The number of hydrogen-bond acceptors (Lipinski definition) is 4. The molecular formula is C18H37IN4O2. The van der Waals surface area contributed by atoms with Crippen LogP contribution in [0.1, 0.15) is 33.6 Å². The SMILES string of the molecule is CCC1(CC)C(NC(=NC)NCCN2CCOCC2)C(C)C1OC.I. The minimum Gasteiger partial charge on any atom is -0.380 e. The molecule has 0 aromatic carbocycles. The third-order valence-electron chi connectivity index (χ3n) is 6.10. The topological polar surface area (TPSA) is 58.1 Å². The van der Waals surface area contributed by atoms with Gasteiger partial charge in [0.25, 0.3) is 0 Å². The van der Waals surface area contributed by atoms with E-state index in [1.54, 1.807) is 0 Å². The van der Waals surface area contributed by atoms with Crippen LogP contribution in [0.3, 0.4) is 0 Å². The lowest BCUT2D eigenvalue weighted by Crippen LogP contribution is -2.71. The molecule has 148 valence electrons. The highest BCUT2D eigenvalue weighted by atomic mass is 127. The van der Waals surface area contributed by atoms with Gasteiger partial charge in [0.1, 0.15) is 0 Å². The highest BCUT2D eigenvalue weighted by Gasteiger charge is 2.58. The summed E-state index contributed by atoms with van der Waals surface area (Å²) < 4.78 is 11.2. The number of nitrogens with zero attached hydrogens (tertiary/aromatic N) is 2. The molecule has 3 unspecified atom stereocenters. The number of hydrogen-bond donors (Lipinski definition) is 2. The van der Waals surface area contributed by atoms with Gasteiger partial charge < -0.3 is 20.1 Å². The van der Waals surface area contributed by atoms with Gasteiger partial charge in [0.05, 0.1) is 19.3 Å². The van der Waals surface area contributed by atoms with Crippen molar-refractivity contribution >= 4 is 29.9 Å².